The van der Waals surface area contributed by atoms with Crippen LogP contribution in [-0.2, 0) is 0 Å². The number of hydrogen-bond acceptors (Lipinski definition) is 8. The van der Waals surface area contributed by atoms with Crippen molar-refractivity contribution in [1.82, 2.24) is 30.2 Å². The van der Waals surface area contributed by atoms with Gasteiger partial charge in [0, 0.05) is 48.4 Å². The fourth-order valence-corrected chi connectivity index (χ4v) is 6.09. The largest absolute Gasteiger partial charge is 0.424 e. The third-order valence-corrected chi connectivity index (χ3v) is 8.40. The maximum absolute atomic E-state index is 12.5. The van der Waals surface area contributed by atoms with Gasteiger partial charge < -0.3 is 25.3 Å². The molecule has 3 atom stereocenters. The molecule has 3 N–H and O–H groups in total. The number of carbonyl (C=O) groups excluding carboxylic acids is 1. The van der Waals surface area contributed by atoms with E-state index < -0.39 is 0 Å². The molecule has 10 heteroatoms. The average Bonchev–Trinajstić information content (AvgIpc) is 3.47. The Morgan fingerprint density at radius 1 is 0.950 bits per heavy atom. The summed E-state index contributed by atoms with van der Waals surface area (Å²) in [5, 5.41) is 14.9. The van der Waals surface area contributed by atoms with Gasteiger partial charge in [0.2, 0.25) is 0 Å². The Bertz CT molecular complexity index is 1480. The van der Waals surface area contributed by atoms with Crippen LogP contribution in [0.2, 0.25) is 0 Å². The number of fused-ring (bicyclic) bond motifs is 1. The van der Waals surface area contributed by atoms with Crippen molar-refractivity contribution in [3.63, 3.8) is 0 Å². The smallest absolute Gasteiger partial charge is 0.295 e. The van der Waals surface area contributed by atoms with Crippen molar-refractivity contribution in [3.05, 3.63) is 60.7 Å². The molecule has 4 heterocycles. The molecule has 1 saturated heterocycles. The van der Waals surface area contributed by atoms with Gasteiger partial charge in [-0.25, -0.2) is 14.5 Å². The second kappa shape index (κ2) is 10.9. The van der Waals surface area contributed by atoms with Crippen LogP contribution in [0, 0.1) is 0 Å². The minimum absolute atomic E-state index is 0.0291. The summed E-state index contributed by atoms with van der Waals surface area (Å²) in [4.78, 5) is 23.8. The third kappa shape index (κ3) is 5.54. The first-order chi connectivity index (χ1) is 19.7. The second-order valence-corrected chi connectivity index (χ2v) is 11.4. The third-order valence-electron chi connectivity index (χ3n) is 8.40. The maximum atomic E-state index is 12.5. The molecule has 0 spiro atoms. The number of rotatable bonds is 8. The van der Waals surface area contributed by atoms with Crippen LogP contribution in [0.1, 0.15) is 61.7 Å². The van der Waals surface area contributed by atoms with Crippen molar-refractivity contribution < 1.29 is 9.21 Å². The van der Waals surface area contributed by atoms with E-state index in [1.165, 1.54) is 24.9 Å². The van der Waals surface area contributed by atoms with E-state index in [-0.39, 0.29) is 11.9 Å². The predicted molar refractivity (Wildman–Crippen MR) is 153 cm³/mol. The summed E-state index contributed by atoms with van der Waals surface area (Å²) < 4.78 is 7.98. The van der Waals surface area contributed by atoms with Gasteiger partial charge in [0.15, 0.2) is 11.4 Å². The molecule has 0 radical (unpaired) electrons. The highest BCUT2D eigenvalue weighted by atomic mass is 16.4. The molecule has 10 nitrogen and oxygen atoms in total. The van der Waals surface area contributed by atoms with Crippen molar-refractivity contribution in [3.8, 4) is 11.3 Å². The maximum Gasteiger partial charge on any atom is 0.295 e. The van der Waals surface area contributed by atoms with Crippen molar-refractivity contribution >= 4 is 23.3 Å². The van der Waals surface area contributed by atoms with Gasteiger partial charge in [-0.2, -0.15) is 5.10 Å². The lowest BCUT2D eigenvalue weighted by Crippen LogP contribution is -2.54. The van der Waals surface area contributed by atoms with Crippen LogP contribution in [0.15, 0.2) is 59.5 Å². The molecule has 3 fully saturated rings. The second-order valence-electron chi connectivity index (χ2n) is 11.4. The van der Waals surface area contributed by atoms with Gasteiger partial charge in [0.25, 0.3) is 11.9 Å². The molecule has 2 aliphatic carbocycles. The van der Waals surface area contributed by atoms with Gasteiger partial charge in [-0.1, -0.05) is 25.0 Å². The number of anilines is 2. The molecule has 3 aromatic heterocycles. The topological polar surface area (TPSA) is 113 Å². The number of hydrogen-bond donors (Lipinski definition) is 3. The molecule has 3 aliphatic rings. The predicted octanol–water partition coefficient (Wildman–Crippen LogP) is 4.26. The van der Waals surface area contributed by atoms with Gasteiger partial charge in [-0.15, -0.1) is 0 Å². The van der Waals surface area contributed by atoms with Crippen molar-refractivity contribution in [1.29, 1.82) is 0 Å². The molecule has 4 aromatic rings. The fourth-order valence-electron chi connectivity index (χ4n) is 6.09. The van der Waals surface area contributed by atoms with Crippen LogP contribution in [0.3, 0.4) is 0 Å². The van der Waals surface area contributed by atoms with E-state index in [2.05, 4.69) is 48.2 Å². The van der Waals surface area contributed by atoms with Crippen LogP contribution in [0.25, 0.3) is 17.0 Å². The molecular weight excluding hydrogens is 504 g/mol. The zero-order valence-corrected chi connectivity index (χ0v) is 22.6. The van der Waals surface area contributed by atoms with Gasteiger partial charge >= 0.3 is 0 Å². The highest BCUT2D eigenvalue weighted by molar-refractivity contribution is 5.95. The van der Waals surface area contributed by atoms with Gasteiger partial charge in [0.05, 0.1) is 18.1 Å². The Kier molecular flexibility index (Phi) is 6.85. The summed E-state index contributed by atoms with van der Waals surface area (Å²) in [6.45, 7) is 2.02. The Labute approximate surface area is 233 Å². The highest BCUT2D eigenvalue weighted by Crippen LogP contribution is 2.28. The van der Waals surface area contributed by atoms with E-state index in [0.717, 1.165) is 56.4 Å². The first-order valence-electron chi connectivity index (χ1n) is 14.6. The summed E-state index contributed by atoms with van der Waals surface area (Å²) in [5.41, 5.74) is 3.56. The van der Waals surface area contributed by atoms with Gasteiger partial charge in [-0.05, 0) is 62.8 Å². The van der Waals surface area contributed by atoms with E-state index in [1.807, 2.05) is 34.8 Å². The molecule has 1 amide bonds. The van der Waals surface area contributed by atoms with Crippen LogP contribution >= 0.6 is 0 Å². The van der Waals surface area contributed by atoms with E-state index in [1.54, 1.807) is 12.5 Å². The number of oxazole rings is 1. The summed E-state index contributed by atoms with van der Waals surface area (Å²) in [5.74, 6) is 0.634. The van der Waals surface area contributed by atoms with Crippen LogP contribution in [0.4, 0.5) is 11.7 Å². The van der Waals surface area contributed by atoms with Gasteiger partial charge in [-0.3, -0.25) is 4.79 Å². The number of carbonyl (C=O) groups is 1. The Morgan fingerprint density at radius 3 is 2.75 bits per heavy atom. The van der Waals surface area contributed by atoms with Gasteiger partial charge in [0.1, 0.15) is 6.33 Å². The van der Waals surface area contributed by atoms with E-state index >= 15 is 0 Å². The van der Waals surface area contributed by atoms with Crippen molar-refractivity contribution in [2.45, 2.75) is 75.5 Å². The molecule has 7 rings (SSSR count). The first-order valence-corrected chi connectivity index (χ1v) is 14.6. The molecule has 1 unspecified atom stereocenters. The summed E-state index contributed by atoms with van der Waals surface area (Å²) in [6.07, 6.45) is 14.5. The van der Waals surface area contributed by atoms with Crippen LogP contribution in [0.5, 0.6) is 0 Å². The Hall–Kier alpha value is -3.92. The summed E-state index contributed by atoms with van der Waals surface area (Å²) in [7, 11) is 0. The zero-order valence-electron chi connectivity index (χ0n) is 22.6. The van der Waals surface area contributed by atoms with E-state index in [0.29, 0.717) is 35.5 Å². The zero-order chi connectivity index (χ0) is 26.9. The number of amides is 1. The Morgan fingerprint density at radius 2 is 1.85 bits per heavy atom. The number of nitrogens with zero attached hydrogens (tertiary/aromatic N) is 5. The number of nitrogens with one attached hydrogen (secondary N) is 3. The van der Waals surface area contributed by atoms with Crippen molar-refractivity contribution in [2.75, 3.05) is 23.3 Å². The van der Waals surface area contributed by atoms with E-state index in [9.17, 15) is 4.79 Å². The lowest BCUT2D eigenvalue weighted by atomic mass is 9.89. The fraction of sp³-hybridized carbons (Fsp3) is 0.467. The van der Waals surface area contributed by atoms with Crippen LogP contribution < -0.4 is 20.9 Å². The SMILES string of the molecule is O=C(NC1CC1)c1cccc(-c2cnc(N[C@@H]3CCCCC3N[C@H]3CCCN(c4ccc5ncnn5c4)C3)o2)c1. The van der Waals surface area contributed by atoms with Crippen molar-refractivity contribution in [2.24, 2.45) is 0 Å². The molecule has 2 saturated carbocycles. The first kappa shape index (κ1) is 25.1. The highest BCUT2D eigenvalue weighted by Gasteiger charge is 2.30. The molecule has 1 aliphatic heterocycles. The van der Waals surface area contributed by atoms with E-state index in [4.69, 9.17) is 4.42 Å². The number of benzene rings is 1. The minimum Gasteiger partial charge on any atom is -0.424 e. The average molecular weight is 541 g/mol. The number of piperidine rings is 1. The van der Waals surface area contributed by atoms with Crippen LogP contribution in [-0.4, -0.2) is 62.7 Å². The summed E-state index contributed by atoms with van der Waals surface area (Å²) >= 11 is 0. The molecule has 0 bridgehead atoms. The molecule has 1 aromatic carbocycles. The lowest BCUT2D eigenvalue weighted by Gasteiger charge is -2.40. The normalized spacial score (nSPS) is 23.3. The summed E-state index contributed by atoms with van der Waals surface area (Å²) in [6, 6.07) is 13.6. The number of pyridine rings is 1. The standard InChI is InChI=1S/C30H36N8O2/c39-29(35-22-10-11-22)21-6-3-5-20(15-21)27-16-31-30(40-27)36-26-9-2-1-8-25(26)34-23-7-4-14-37(17-23)24-12-13-28-32-19-33-38(28)18-24/h3,5-6,12-13,15-16,18-19,22-23,25-26,34H,1-2,4,7-11,14,17H2,(H,31,36)(H,35,39)/t23-,25?,26+/m0/s1. The Balaban J connectivity index is 0.996. The molecular formula is C30H36N8O2. The minimum atomic E-state index is -0.0291. The molecule has 40 heavy (non-hydrogen) atoms. The quantitative estimate of drug-likeness (QED) is 0.304. The monoisotopic (exact) mass is 540 g/mol. The number of aromatic nitrogens is 4. The lowest BCUT2D eigenvalue weighted by molar-refractivity contribution is 0.0951. The molecule has 208 valence electrons.